The maximum atomic E-state index is 15.5. The number of fused-ring (bicyclic) bond motifs is 1. The van der Waals surface area contributed by atoms with E-state index in [9.17, 15) is 14.0 Å². The molecular weight excluding hydrogens is 628 g/mol. The maximum absolute atomic E-state index is 15.5. The molecule has 0 aliphatic carbocycles. The molecule has 1 unspecified atom stereocenters. The Morgan fingerprint density at radius 3 is 2.62 bits per heavy atom. The summed E-state index contributed by atoms with van der Waals surface area (Å²) in [5, 5.41) is 0.458. The first-order chi connectivity index (χ1) is 22.6. The number of nitrogens with zero attached hydrogens (tertiary/aromatic N) is 3. The molecule has 2 amide bonds. The van der Waals surface area contributed by atoms with Gasteiger partial charge in [0.15, 0.2) is 6.29 Å². The van der Waals surface area contributed by atoms with Crippen LogP contribution in [0.2, 0.25) is 5.02 Å². The number of rotatable bonds is 9. The van der Waals surface area contributed by atoms with Gasteiger partial charge in [-0.15, -0.1) is 0 Å². The van der Waals surface area contributed by atoms with Crippen molar-refractivity contribution in [2.75, 3.05) is 37.8 Å². The van der Waals surface area contributed by atoms with Crippen molar-refractivity contribution in [1.82, 2.24) is 9.88 Å². The number of amides is 2. The van der Waals surface area contributed by atoms with Crippen molar-refractivity contribution in [2.24, 2.45) is 5.41 Å². The average Bonchev–Trinajstić information content (AvgIpc) is 3.06. The number of likely N-dealkylation sites (tertiary alicyclic amines) is 1. The van der Waals surface area contributed by atoms with Crippen LogP contribution >= 0.6 is 11.6 Å². The summed E-state index contributed by atoms with van der Waals surface area (Å²) in [5.74, 6) is -1.20. The van der Waals surface area contributed by atoms with Crippen molar-refractivity contribution in [1.29, 1.82) is 0 Å². The molecule has 3 aliphatic rings. The zero-order valence-corrected chi connectivity index (χ0v) is 27.5. The fraction of sp³-hybridized carbons (Fsp3) is 0.472. The number of piperidine rings is 1. The van der Waals surface area contributed by atoms with E-state index in [0.29, 0.717) is 80.5 Å². The highest BCUT2D eigenvalue weighted by Gasteiger charge is 2.43. The van der Waals surface area contributed by atoms with Gasteiger partial charge in [-0.2, -0.15) is 0 Å². The van der Waals surface area contributed by atoms with Gasteiger partial charge in [-0.1, -0.05) is 31.5 Å². The van der Waals surface area contributed by atoms with Gasteiger partial charge in [0.1, 0.15) is 17.4 Å². The Kier molecular flexibility index (Phi) is 10.1. The molecule has 0 bridgehead atoms. The molecule has 8 nitrogen and oxygen atoms in total. The number of anilines is 1. The van der Waals surface area contributed by atoms with E-state index < -0.39 is 23.0 Å². The SMILES string of the molecule is CC1(C)Cc2ncc(Cl)cc2N(C2CCN(C(=O)c3ccc(-c4cc(F)ccc4OCCCOC4CCCCO4)cc3F)CC2)C1=O. The summed E-state index contributed by atoms with van der Waals surface area (Å²) in [6, 6.07) is 10.0. The molecule has 0 saturated carbocycles. The molecule has 11 heteroatoms. The summed E-state index contributed by atoms with van der Waals surface area (Å²) in [6.07, 6.45) is 6.63. The second-order valence-electron chi connectivity index (χ2n) is 13.1. The summed E-state index contributed by atoms with van der Waals surface area (Å²) in [5.41, 5.74) is 1.66. The normalized spacial score (nSPS) is 19.9. The Bertz CT molecular complexity index is 1620. The van der Waals surface area contributed by atoms with E-state index in [0.717, 1.165) is 30.6 Å². The summed E-state index contributed by atoms with van der Waals surface area (Å²) in [6.45, 7) is 6.05. The van der Waals surface area contributed by atoms with Crippen molar-refractivity contribution in [3.63, 3.8) is 0 Å². The molecule has 0 spiro atoms. The van der Waals surface area contributed by atoms with Crippen LogP contribution < -0.4 is 9.64 Å². The molecule has 3 aromatic rings. The smallest absolute Gasteiger partial charge is 0.256 e. The highest BCUT2D eigenvalue weighted by atomic mass is 35.5. The van der Waals surface area contributed by atoms with Gasteiger partial charge in [0.2, 0.25) is 5.91 Å². The van der Waals surface area contributed by atoms with Crippen molar-refractivity contribution in [3.05, 3.63) is 76.6 Å². The molecule has 2 fully saturated rings. The number of hydrogen-bond donors (Lipinski definition) is 0. The molecule has 1 atom stereocenters. The molecule has 1 aromatic heterocycles. The lowest BCUT2D eigenvalue weighted by atomic mass is 9.81. The second-order valence-corrected chi connectivity index (χ2v) is 13.5. The van der Waals surface area contributed by atoms with Gasteiger partial charge in [-0.25, -0.2) is 8.78 Å². The van der Waals surface area contributed by atoms with E-state index >= 15 is 4.39 Å². The van der Waals surface area contributed by atoms with E-state index in [2.05, 4.69) is 4.98 Å². The van der Waals surface area contributed by atoms with Gasteiger partial charge >= 0.3 is 0 Å². The number of benzene rings is 2. The van der Waals surface area contributed by atoms with Gasteiger partial charge in [0, 0.05) is 55.8 Å². The molecule has 2 aromatic carbocycles. The molecule has 47 heavy (non-hydrogen) atoms. The van der Waals surface area contributed by atoms with Gasteiger partial charge in [-0.3, -0.25) is 14.6 Å². The average molecular weight is 668 g/mol. The van der Waals surface area contributed by atoms with Crippen LogP contribution in [0.25, 0.3) is 11.1 Å². The standard InChI is InChI=1S/C36H40ClF2N3O5/c1-36(2)21-30-31(19-24(37)22-40-30)42(35(36)44)26-11-13-41(14-12-26)34(43)27-9-7-23(18-29(27)39)28-20-25(38)8-10-32(28)45-16-5-17-47-33-6-3-4-15-46-33/h7-10,18-20,22,26,33H,3-6,11-17,21H2,1-2H3. The maximum Gasteiger partial charge on any atom is 0.256 e. The van der Waals surface area contributed by atoms with Crippen molar-refractivity contribution in [2.45, 2.75) is 71.1 Å². The lowest BCUT2D eigenvalue weighted by Crippen LogP contribution is -2.55. The number of ether oxygens (including phenoxy) is 3. The van der Waals surface area contributed by atoms with E-state index in [1.54, 1.807) is 28.1 Å². The summed E-state index contributed by atoms with van der Waals surface area (Å²) < 4.78 is 47.1. The van der Waals surface area contributed by atoms with Crippen LogP contribution in [-0.2, 0) is 20.7 Å². The fourth-order valence-corrected chi connectivity index (χ4v) is 6.75. The van der Waals surface area contributed by atoms with Crippen LogP contribution in [0.1, 0.15) is 68.4 Å². The Morgan fingerprint density at radius 2 is 1.87 bits per heavy atom. The van der Waals surface area contributed by atoms with Crippen LogP contribution in [0.15, 0.2) is 48.7 Å². The molecule has 4 heterocycles. The summed E-state index contributed by atoms with van der Waals surface area (Å²) in [7, 11) is 0. The second kappa shape index (κ2) is 14.3. The van der Waals surface area contributed by atoms with Crippen molar-refractivity contribution in [3.8, 4) is 16.9 Å². The van der Waals surface area contributed by atoms with Crippen molar-refractivity contribution >= 4 is 29.1 Å². The van der Waals surface area contributed by atoms with Crippen LogP contribution in [-0.4, -0.2) is 66.9 Å². The molecular formula is C36H40ClF2N3O5. The number of carbonyl (C=O) groups excluding carboxylic acids is 2. The minimum atomic E-state index is -0.701. The summed E-state index contributed by atoms with van der Waals surface area (Å²) in [4.78, 5) is 34.9. The number of halogens is 3. The van der Waals surface area contributed by atoms with E-state index in [-0.39, 0.29) is 23.8 Å². The lowest BCUT2D eigenvalue weighted by Gasteiger charge is -2.45. The largest absolute Gasteiger partial charge is 0.493 e. The van der Waals surface area contributed by atoms with Gasteiger partial charge < -0.3 is 24.0 Å². The zero-order valence-electron chi connectivity index (χ0n) is 26.8. The monoisotopic (exact) mass is 667 g/mol. The van der Waals surface area contributed by atoms with Crippen LogP contribution in [0.5, 0.6) is 5.75 Å². The van der Waals surface area contributed by atoms with Gasteiger partial charge in [0.25, 0.3) is 5.91 Å². The van der Waals surface area contributed by atoms with Crippen LogP contribution in [0, 0.1) is 17.0 Å². The fourth-order valence-electron chi connectivity index (χ4n) is 6.60. The molecule has 2 saturated heterocycles. The first-order valence-corrected chi connectivity index (χ1v) is 16.7. The third-order valence-electron chi connectivity index (χ3n) is 9.14. The summed E-state index contributed by atoms with van der Waals surface area (Å²) >= 11 is 6.25. The van der Waals surface area contributed by atoms with Gasteiger partial charge in [-0.05, 0) is 74.1 Å². The Morgan fingerprint density at radius 1 is 1.06 bits per heavy atom. The number of carbonyl (C=O) groups is 2. The first kappa shape index (κ1) is 33.3. The third kappa shape index (κ3) is 7.45. The van der Waals surface area contributed by atoms with E-state index in [1.165, 1.54) is 30.3 Å². The number of aromatic nitrogens is 1. The first-order valence-electron chi connectivity index (χ1n) is 16.3. The topological polar surface area (TPSA) is 81.2 Å². The molecule has 0 radical (unpaired) electrons. The zero-order chi connectivity index (χ0) is 33.1. The minimum Gasteiger partial charge on any atom is -0.493 e. The molecule has 250 valence electrons. The van der Waals surface area contributed by atoms with Crippen molar-refractivity contribution < 1.29 is 32.6 Å². The Hall–Kier alpha value is -3.60. The van der Waals surface area contributed by atoms with E-state index in [4.69, 9.17) is 25.8 Å². The van der Waals surface area contributed by atoms with E-state index in [1.807, 2.05) is 13.8 Å². The predicted octanol–water partition coefficient (Wildman–Crippen LogP) is 7.21. The Labute approximate surface area is 278 Å². The highest BCUT2D eigenvalue weighted by molar-refractivity contribution is 6.30. The van der Waals surface area contributed by atoms with Gasteiger partial charge in [0.05, 0.1) is 35.2 Å². The van der Waals surface area contributed by atoms with Crippen LogP contribution in [0.4, 0.5) is 14.5 Å². The lowest BCUT2D eigenvalue weighted by molar-refractivity contribution is -0.163. The Balaban J connectivity index is 1.09. The molecule has 3 aliphatic heterocycles. The number of hydrogen-bond acceptors (Lipinski definition) is 6. The number of pyridine rings is 1. The van der Waals surface area contributed by atoms with Crippen LogP contribution in [0.3, 0.4) is 0 Å². The quantitative estimate of drug-likeness (QED) is 0.224. The minimum absolute atomic E-state index is 0.00329. The highest BCUT2D eigenvalue weighted by Crippen LogP contribution is 2.40. The molecule has 0 N–H and O–H groups in total. The molecule has 6 rings (SSSR count). The predicted molar refractivity (Wildman–Crippen MR) is 175 cm³/mol. The third-order valence-corrected chi connectivity index (χ3v) is 9.34.